The van der Waals surface area contributed by atoms with Crippen LogP contribution in [0.2, 0.25) is 0 Å². The Morgan fingerprint density at radius 3 is 3.31 bits per heavy atom. The van der Waals surface area contributed by atoms with E-state index >= 15 is 0 Å². The maximum absolute atomic E-state index is 5.30. The van der Waals surface area contributed by atoms with Crippen molar-refractivity contribution in [3.8, 4) is 0 Å². The van der Waals surface area contributed by atoms with Crippen LogP contribution in [0.4, 0.5) is 0 Å². The van der Waals surface area contributed by atoms with Crippen LogP contribution < -0.4 is 5.48 Å². The van der Waals surface area contributed by atoms with Gasteiger partial charge in [0.25, 0.3) is 0 Å². The van der Waals surface area contributed by atoms with E-state index in [0.717, 1.165) is 12.3 Å². The van der Waals surface area contributed by atoms with Crippen LogP contribution in [0.3, 0.4) is 0 Å². The van der Waals surface area contributed by atoms with E-state index in [9.17, 15) is 0 Å². The fraction of sp³-hybridized carbons (Fsp3) is 0.200. The number of nitrogens with one attached hydrogen (secondary N) is 1. The summed E-state index contributed by atoms with van der Waals surface area (Å²) in [5.41, 5.74) is 4.18. The molecule has 0 saturated carbocycles. The Kier molecular flexibility index (Phi) is 1.60. The molecule has 13 heavy (non-hydrogen) atoms. The van der Waals surface area contributed by atoms with Crippen LogP contribution in [0.1, 0.15) is 5.56 Å². The molecule has 3 heteroatoms. The molecular weight excluding hydrogens is 182 g/mol. The second-order valence-corrected chi connectivity index (χ2v) is 4.39. The Hall–Kier alpha value is -0.930. The quantitative estimate of drug-likeness (QED) is 0.678. The molecule has 2 aliphatic rings. The molecule has 2 heterocycles. The molecule has 1 aromatic rings. The van der Waals surface area contributed by atoms with Gasteiger partial charge in [0.2, 0.25) is 0 Å². The Bertz CT molecular complexity index is 375. The van der Waals surface area contributed by atoms with Crippen LogP contribution in [0.15, 0.2) is 34.9 Å². The molecular formula is C10H9NOS. The first-order valence-electron chi connectivity index (χ1n) is 4.30. The van der Waals surface area contributed by atoms with Crippen molar-refractivity contribution in [2.45, 2.75) is 10.1 Å². The maximum atomic E-state index is 5.30. The highest BCUT2D eigenvalue weighted by atomic mass is 32.2. The van der Waals surface area contributed by atoms with Crippen LogP contribution in [0.25, 0.3) is 6.08 Å². The standard InChI is InChI=1S/C10H9NOS/c1-2-4-9-7(3-1)5-8-10(13-9)6-11-12-8/h1-5,10-11H,6H2. The summed E-state index contributed by atoms with van der Waals surface area (Å²) in [6, 6.07) is 8.41. The number of hydrogen-bond acceptors (Lipinski definition) is 3. The number of rotatable bonds is 0. The van der Waals surface area contributed by atoms with Crippen molar-refractivity contribution >= 4 is 17.8 Å². The lowest BCUT2D eigenvalue weighted by atomic mass is 10.1. The molecule has 1 N–H and O–H groups in total. The monoisotopic (exact) mass is 191 g/mol. The van der Waals surface area contributed by atoms with E-state index in [2.05, 4.69) is 35.8 Å². The van der Waals surface area contributed by atoms with Gasteiger partial charge < -0.3 is 4.84 Å². The summed E-state index contributed by atoms with van der Waals surface area (Å²) < 4.78 is 0. The predicted octanol–water partition coefficient (Wildman–Crippen LogP) is 2.04. The maximum Gasteiger partial charge on any atom is 0.139 e. The minimum Gasteiger partial charge on any atom is -0.412 e. The Morgan fingerprint density at radius 1 is 1.38 bits per heavy atom. The average molecular weight is 191 g/mol. The SMILES string of the molecule is C1=C2ONCC2Sc2ccccc21. The molecule has 1 atom stereocenters. The summed E-state index contributed by atoms with van der Waals surface area (Å²) in [6.07, 6.45) is 2.12. The van der Waals surface area contributed by atoms with E-state index in [-0.39, 0.29) is 0 Å². The summed E-state index contributed by atoms with van der Waals surface area (Å²) in [7, 11) is 0. The van der Waals surface area contributed by atoms with Crippen molar-refractivity contribution in [2.24, 2.45) is 0 Å². The summed E-state index contributed by atoms with van der Waals surface area (Å²) in [4.78, 5) is 6.65. The van der Waals surface area contributed by atoms with E-state index in [1.54, 1.807) is 0 Å². The lowest BCUT2D eigenvalue weighted by Gasteiger charge is -2.16. The van der Waals surface area contributed by atoms with Gasteiger partial charge in [-0.05, 0) is 17.7 Å². The van der Waals surface area contributed by atoms with Crippen molar-refractivity contribution in [1.82, 2.24) is 5.48 Å². The third kappa shape index (κ3) is 1.16. The largest absolute Gasteiger partial charge is 0.412 e. The summed E-state index contributed by atoms with van der Waals surface area (Å²) in [5.74, 6) is 1.06. The van der Waals surface area contributed by atoms with Crippen molar-refractivity contribution in [2.75, 3.05) is 6.54 Å². The lowest BCUT2D eigenvalue weighted by molar-refractivity contribution is 0.158. The van der Waals surface area contributed by atoms with Gasteiger partial charge in [-0.25, -0.2) is 0 Å². The molecule has 66 valence electrons. The van der Waals surface area contributed by atoms with E-state index in [0.29, 0.717) is 5.25 Å². The molecule has 1 unspecified atom stereocenters. The van der Waals surface area contributed by atoms with Gasteiger partial charge in [0.05, 0.1) is 11.8 Å². The molecule has 0 bridgehead atoms. The summed E-state index contributed by atoms with van der Waals surface area (Å²) in [6.45, 7) is 0.908. The number of hydrogen-bond donors (Lipinski definition) is 1. The van der Waals surface area contributed by atoms with Gasteiger partial charge >= 0.3 is 0 Å². The summed E-state index contributed by atoms with van der Waals surface area (Å²) in [5, 5.41) is 0.467. The minimum atomic E-state index is 0.467. The first-order chi connectivity index (χ1) is 6.43. The molecule has 2 nitrogen and oxygen atoms in total. The zero-order valence-corrected chi connectivity index (χ0v) is 7.80. The van der Waals surface area contributed by atoms with Crippen LogP contribution in [-0.4, -0.2) is 11.8 Å². The fourth-order valence-electron chi connectivity index (χ4n) is 1.60. The van der Waals surface area contributed by atoms with Crippen molar-refractivity contribution in [1.29, 1.82) is 0 Å². The van der Waals surface area contributed by atoms with Crippen LogP contribution in [0.5, 0.6) is 0 Å². The highest BCUT2D eigenvalue weighted by Crippen LogP contribution is 2.38. The first kappa shape index (κ1) is 7.47. The minimum absolute atomic E-state index is 0.467. The Labute approximate surface area is 80.9 Å². The van der Waals surface area contributed by atoms with E-state index in [4.69, 9.17) is 4.84 Å². The third-order valence-electron chi connectivity index (χ3n) is 2.26. The molecule has 1 aromatic carbocycles. The van der Waals surface area contributed by atoms with Crippen molar-refractivity contribution in [3.63, 3.8) is 0 Å². The molecule has 3 rings (SSSR count). The second kappa shape index (κ2) is 2.79. The zero-order valence-electron chi connectivity index (χ0n) is 6.99. The Morgan fingerprint density at radius 2 is 2.31 bits per heavy atom. The molecule has 0 amide bonds. The molecule has 1 fully saturated rings. The molecule has 0 aromatic heterocycles. The number of thioether (sulfide) groups is 1. The van der Waals surface area contributed by atoms with Crippen LogP contribution in [-0.2, 0) is 4.84 Å². The van der Waals surface area contributed by atoms with Gasteiger partial charge in [0.15, 0.2) is 0 Å². The lowest BCUT2D eigenvalue weighted by Crippen LogP contribution is -2.11. The fourth-order valence-corrected chi connectivity index (χ4v) is 2.71. The highest BCUT2D eigenvalue weighted by molar-refractivity contribution is 8.00. The zero-order chi connectivity index (χ0) is 8.67. The first-order valence-corrected chi connectivity index (χ1v) is 5.18. The number of fused-ring (bicyclic) bond motifs is 2. The molecule has 0 aliphatic carbocycles. The average Bonchev–Trinajstić information content (AvgIpc) is 2.61. The van der Waals surface area contributed by atoms with Gasteiger partial charge in [-0.3, -0.25) is 0 Å². The molecule has 2 aliphatic heterocycles. The van der Waals surface area contributed by atoms with Crippen molar-refractivity contribution in [3.05, 3.63) is 35.6 Å². The van der Waals surface area contributed by atoms with Gasteiger partial charge in [-0.15, -0.1) is 11.8 Å². The topological polar surface area (TPSA) is 21.3 Å². The molecule has 0 radical (unpaired) electrons. The second-order valence-electron chi connectivity index (χ2n) is 3.14. The van der Waals surface area contributed by atoms with Gasteiger partial charge in [0.1, 0.15) is 5.76 Å². The number of hydroxylamine groups is 1. The van der Waals surface area contributed by atoms with Crippen molar-refractivity contribution < 1.29 is 4.84 Å². The van der Waals surface area contributed by atoms with Gasteiger partial charge in [-0.2, -0.15) is 5.48 Å². The number of benzene rings is 1. The highest BCUT2D eigenvalue weighted by Gasteiger charge is 2.28. The summed E-state index contributed by atoms with van der Waals surface area (Å²) >= 11 is 1.87. The molecule has 0 spiro atoms. The van der Waals surface area contributed by atoms with Crippen LogP contribution in [0, 0.1) is 0 Å². The van der Waals surface area contributed by atoms with Gasteiger partial charge in [-0.1, -0.05) is 18.2 Å². The smallest absolute Gasteiger partial charge is 0.139 e. The van der Waals surface area contributed by atoms with Gasteiger partial charge in [0, 0.05) is 4.90 Å². The van der Waals surface area contributed by atoms with Crippen LogP contribution >= 0.6 is 11.8 Å². The van der Waals surface area contributed by atoms with E-state index in [1.807, 2.05) is 11.8 Å². The van der Waals surface area contributed by atoms with E-state index in [1.165, 1.54) is 10.5 Å². The molecule has 1 saturated heterocycles. The normalized spacial score (nSPS) is 24.3. The predicted molar refractivity (Wildman–Crippen MR) is 53.2 cm³/mol. The third-order valence-corrected chi connectivity index (χ3v) is 3.57. The van der Waals surface area contributed by atoms with E-state index < -0.39 is 0 Å². The Balaban J connectivity index is 2.10.